The Balaban J connectivity index is 1.38. The van der Waals surface area contributed by atoms with Gasteiger partial charge in [0.2, 0.25) is 11.6 Å². The van der Waals surface area contributed by atoms with E-state index < -0.39 is 0 Å². The van der Waals surface area contributed by atoms with Crippen molar-refractivity contribution in [3.63, 3.8) is 0 Å². The first-order valence-corrected chi connectivity index (χ1v) is 9.65. The van der Waals surface area contributed by atoms with Crippen LogP contribution >= 0.6 is 0 Å². The van der Waals surface area contributed by atoms with Crippen LogP contribution in [0.1, 0.15) is 21.8 Å². The number of nitrogens with zero attached hydrogens (tertiary/aromatic N) is 5. The summed E-state index contributed by atoms with van der Waals surface area (Å²) in [4.78, 5) is 45.0. The number of carbonyl (C=O) groups excluding carboxylic acids is 3. The highest BCUT2D eigenvalue weighted by molar-refractivity contribution is 6.39. The van der Waals surface area contributed by atoms with Gasteiger partial charge in [0.1, 0.15) is 6.54 Å². The van der Waals surface area contributed by atoms with E-state index in [0.717, 1.165) is 5.56 Å². The molecular formula is C20H22N6O4. The summed E-state index contributed by atoms with van der Waals surface area (Å²) in [6.07, 6.45) is 0. The van der Waals surface area contributed by atoms with Crippen LogP contribution < -0.4 is 10.4 Å². The molecule has 0 spiro atoms. The summed E-state index contributed by atoms with van der Waals surface area (Å²) in [5.74, 6) is -0.485. The maximum atomic E-state index is 12.9. The van der Waals surface area contributed by atoms with Crippen LogP contribution in [0.25, 0.3) is 0 Å². The van der Waals surface area contributed by atoms with Crippen LogP contribution in [0, 0.1) is 13.8 Å². The predicted octanol–water partition coefficient (Wildman–Crippen LogP) is 0.526. The number of amides is 3. The van der Waals surface area contributed by atoms with Crippen LogP contribution in [0.5, 0.6) is 0 Å². The lowest BCUT2D eigenvalue weighted by atomic mass is 10.2. The highest BCUT2D eigenvalue weighted by Gasteiger charge is 2.32. The third kappa shape index (κ3) is 3.88. The van der Waals surface area contributed by atoms with Crippen LogP contribution in [0.4, 0.5) is 5.69 Å². The fraction of sp³-hybridized carbons (Fsp3) is 0.350. The van der Waals surface area contributed by atoms with Gasteiger partial charge >= 0.3 is 0 Å². The zero-order valence-corrected chi connectivity index (χ0v) is 16.8. The zero-order chi connectivity index (χ0) is 21.3. The largest absolute Gasteiger partial charge is 0.351 e. The van der Waals surface area contributed by atoms with Gasteiger partial charge in [-0.05, 0) is 26.0 Å². The molecule has 0 aliphatic carbocycles. The van der Waals surface area contributed by atoms with Crippen molar-refractivity contribution in [2.75, 3.05) is 37.7 Å². The van der Waals surface area contributed by atoms with Crippen molar-refractivity contribution < 1.29 is 18.9 Å². The Bertz CT molecular complexity index is 1000. The molecule has 0 atom stereocenters. The highest BCUT2D eigenvalue weighted by Crippen LogP contribution is 2.16. The number of amidine groups is 1. The molecule has 0 bridgehead atoms. The topological polar surface area (TPSA) is 111 Å². The molecule has 3 heterocycles. The minimum atomic E-state index is -0.303. The second-order valence-electron chi connectivity index (χ2n) is 7.26. The quantitative estimate of drug-likeness (QED) is 0.790. The summed E-state index contributed by atoms with van der Waals surface area (Å²) in [6.45, 7) is 5.06. The normalized spacial score (nSPS) is 16.9. The molecule has 1 aromatic carbocycles. The average molecular weight is 410 g/mol. The lowest BCUT2D eigenvalue weighted by molar-refractivity contribution is -0.125. The van der Waals surface area contributed by atoms with Crippen molar-refractivity contribution in [2.45, 2.75) is 13.8 Å². The van der Waals surface area contributed by atoms with E-state index in [0.29, 0.717) is 37.6 Å². The first-order valence-electron chi connectivity index (χ1n) is 9.65. The Morgan fingerprint density at radius 2 is 1.63 bits per heavy atom. The molecule has 2 aliphatic heterocycles. The van der Waals surface area contributed by atoms with E-state index in [9.17, 15) is 14.4 Å². The molecular weight excluding hydrogens is 388 g/mol. The standard InChI is InChI=1S/C20H22N6O4/c1-13-3-5-15(6-4-13)26-17(27)12-21-18(22-26)20(29)25-9-7-24(8-10-25)19(28)16-11-14(2)23-30-16/h3-6,11H,7-10,12H2,1-2H3,(H,21,22). The second-order valence-corrected chi connectivity index (χ2v) is 7.26. The van der Waals surface area contributed by atoms with Crippen LogP contribution in [0.15, 0.2) is 39.8 Å². The lowest BCUT2D eigenvalue weighted by Crippen LogP contribution is -2.59. The van der Waals surface area contributed by atoms with Gasteiger partial charge in [-0.1, -0.05) is 22.9 Å². The summed E-state index contributed by atoms with van der Waals surface area (Å²) in [7, 11) is 0. The van der Waals surface area contributed by atoms with E-state index in [1.807, 2.05) is 31.2 Å². The Kier molecular flexibility index (Phi) is 5.21. The van der Waals surface area contributed by atoms with Crippen molar-refractivity contribution in [3.8, 4) is 0 Å². The van der Waals surface area contributed by atoms with E-state index in [4.69, 9.17) is 4.52 Å². The minimum absolute atomic E-state index is 0.106. The maximum absolute atomic E-state index is 12.9. The molecule has 30 heavy (non-hydrogen) atoms. The van der Waals surface area contributed by atoms with Crippen LogP contribution in [0.2, 0.25) is 0 Å². The predicted molar refractivity (Wildman–Crippen MR) is 108 cm³/mol. The Morgan fingerprint density at radius 1 is 1.00 bits per heavy atom. The smallest absolute Gasteiger partial charge is 0.292 e. The number of piperazine rings is 1. The molecule has 1 fully saturated rings. The van der Waals surface area contributed by atoms with Gasteiger partial charge < -0.3 is 14.3 Å². The number of hydrogen-bond donors (Lipinski definition) is 1. The van der Waals surface area contributed by atoms with Gasteiger partial charge in [0.15, 0.2) is 0 Å². The van der Waals surface area contributed by atoms with E-state index >= 15 is 0 Å². The van der Waals surface area contributed by atoms with E-state index in [2.05, 4.69) is 15.6 Å². The van der Waals surface area contributed by atoms with Crippen molar-refractivity contribution in [1.29, 1.82) is 0 Å². The van der Waals surface area contributed by atoms with Gasteiger partial charge in [-0.3, -0.25) is 24.8 Å². The Labute approximate surface area is 173 Å². The molecule has 4 rings (SSSR count). The fourth-order valence-electron chi connectivity index (χ4n) is 3.32. The number of anilines is 1. The van der Waals surface area contributed by atoms with Crippen molar-refractivity contribution in [3.05, 3.63) is 47.3 Å². The molecule has 10 nitrogen and oxygen atoms in total. The number of hydrazine groups is 1. The molecule has 2 aliphatic rings. The number of hydrogen-bond acceptors (Lipinski definition) is 7. The van der Waals surface area contributed by atoms with Crippen LogP contribution in [0.3, 0.4) is 0 Å². The second kappa shape index (κ2) is 7.97. The number of aryl methyl sites for hydroxylation is 2. The Hall–Kier alpha value is -3.69. The molecule has 1 saturated heterocycles. The lowest BCUT2D eigenvalue weighted by Gasteiger charge is -2.35. The fourth-order valence-corrected chi connectivity index (χ4v) is 3.32. The number of nitrogens with one attached hydrogen (secondary N) is 1. The molecule has 2 aromatic rings. The summed E-state index contributed by atoms with van der Waals surface area (Å²) >= 11 is 0. The van der Waals surface area contributed by atoms with Gasteiger partial charge in [0.25, 0.3) is 17.7 Å². The van der Waals surface area contributed by atoms with Crippen molar-refractivity contribution >= 4 is 29.2 Å². The maximum Gasteiger partial charge on any atom is 0.292 e. The molecule has 156 valence electrons. The van der Waals surface area contributed by atoms with Gasteiger partial charge in [-0.2, -0.15) is 0 Å². The van der Waals surface area contributed by atoms with E-state index in [1.54, 1.807) is 22.8 Å². The molecule has 0 radical (unpaired) electrons. The number of carbonyl (C=O) groups is 3. The molecule has 1 aromatic heterocycles. The van der Waals surface area contributed by atoms with Crippen LogP contribution in [-0.2, 0) is 9.59 Å². The third-order valence-electron chi connectivity index (χ3n) is 5.03. The molecule has 1 N–H and O–H groups in total. The number of aromatic nitrogens is 1. The third-order valence-corrected chi connectivity index (χ3v) is 5.03. The van der Waals surface area contributed by atoms with Crippen molar-refractivity contribution in [2.24, 2.45) is 4.99 Å². The summed E-state index contributed by atoms with van der Waals surface area (Å²) in [5.41, 5.74) is 5.19. The first kappa shape index (κ1) is 19.6. The summed E-state index contributed by atoms with van der Waals surface area (Å²) < 4.78 is 5.03. The number of benzene rings is 1. The van der Waals surface area contributed by atoms with Crippen LogP contribution in [-0.4, -0.2) is 71.2 Å². The van der Waals surface area contributed by atoms with Gasteiger partial charge in [0.05, 0.1) is 11.4 Å². The van der Waals surface area contributed by atoms with Gasteiger partial charge in [-0.15, -0.1) is 0 Å². The number of rotatable bonds is 3. The zero-order valence-electron chi connectivity index (χ0n) is 16.8. The monoisotopic (exact) mass is 410 g/mol. The molecule has 10 heteroatoms. The number of aliphatic imine (C=N–C) groups is 1. The Morgan fingerprint density at radius 3 is 2.23 bits per heavy atom. The van der Waals surface area contributed by atoms with Gasteiger partial charge in [-0.25, -0.2) is 5.01 Å². The van der Waals surface area contributed by atoms with E-state index in [-0.39, 0.29) is 35.9 Å². The minimum Gasteiger partial charge on any atom is -0.351 e. The highest BCUT2D eigenvalue weighted by atomic mass is 16.5. The van der Waals surface area contributed by atoms with Crippen molar-refractivity contribution in [1.82, 2.24) is 20.4 Å². The first-order chi connectivity index (χ1) is 14.4. The average Bonchev–Trinajstić information content (AvgIpc) is 3.20. The summed E-state index contributed by atoms with van der Waals surface area (Å²) in [6, 6.07) is 9.00. The molecule has 0 saturated carbocycles. The molecule has 0 unspecified atom stereocenters. The van der Waals surface area contributed by atoms with E-state index in [1.165, 1.54) is 5.01 Å². The van der Waals surface area contributed by atoms with Gasteiger partial charge in [0, 0.05) is 32.2 Å². The molecule has 3 amide bonds. The summed E-state index contributed by atoms with van der Waals surface area (Å²) in [5, 5.41) is 5.08. The SMILES string of the molecule is Cc1ccc(N2NC(C(=O)N3CCN(C(=O)c4cc(C)no4)CC3)=NCC2=O)cc1.